The summed E-state index contributed by atoms with van der Waals surface area (Å²) in [5.41, 5.74) is -5.16. The minimum atomic E-state index is -5.11. The molecule has 0 bridgehead atoms. The predicted molar refractivity (Wildman–Crippen MR) is 95.0 cm³/mol. The predicted octanol–water partition coefficient (Wildman–Crippen LogP) is 7.03. The Bertz CT molecular complexity index is 988. The third-order valence-electron chi connectivity index (χ3n) is 5.37. The zero-order valence-corrected chi connectivity index (χ0v) is 16.4. The molecule has 0 aliphatic heterocycles. The first kappa shape index (κ1) is 24.5. The molecule has 1 fully saturated rings. The van der Waals surface area contributed by atoms with Gasteiger partial charge in [-0.05, 0) is 54.7 Å². The van der Waals surface area contributed by atoms with Gasteiger partial charge in [0.05, 0.1) is 11.5 Å². The van der Waals surface area contributed by atoms with Gasteiger partial charge in [0, 0.05) is 0 Å². The van der Waals surface area contributed by atoms with Crippen LogP contribution in [0.2, 0.25) is 0 Å². The lowest BCUT2D eigenvalue weighted by molar-refractivity contribution is -0.275. The van der Waals surface area contributed by atoms with Crippen LogP contribution < -0.4 is 9.47 Å². The molecular formula is C21H14F9NO2. The SMILES string of the molecule is N#CC(CC1(C(F)(F)F)CC1)(c1cccc(OC(F)(F)F)c1)c1cccc(OC(F)(F)F)c1. The zero-order chi connectivity index (χ0) is 24.7. The summed E-state index contributed by atoms with van der Waals surface area (Å²) in [6.45, 7) is 0. The molecule has 12 heteroatoms. The van der Waals surface area contributed by atoms with Crippen molar-refractivity contribution in [2.45, 2.75) is 43.6 Å². The second kappa shape index (κ2) is 8.04. The maximum absolute atomic E-state index is 13.7. The van der Waals surface area contributed by atoms with E-state index in [1.807, 2.05) is 0 Å². The lowest BCUT2D eigenvalue weighted by Crippen LogP contribution is -2.36. The number of ether oxygens (including phenoxy) is 2. The van der Waals surface area contributed by atoms with Crippen LogP contribution in [-0.4, -0.2) is 18.9 Å². The van der Waals surface area contributed by atoms with Crippen LogP contribution in [0.3, 0.4) is 0 Å². The quantitative estimate of drug-likeness (QED) is 0.415. The molecule has 0 aromatic heterocycles. The van der Waals surface area contributed by atoms with Gasteiger partial charge in [0.15, 0.2) is 0 Å². The highest BCUT2D eigenvalue weighted by Gasteiger charge is 2.66. The number of nitrogens with zero attached hydrogens (tertiary/aromatic N) is 1. The van der Waals surface area contributed by atoms with Gasteiger partial charge in [-0.25, -0.2) is 0 Å². The van der Waals surface area contributed by atoms with E-state index >= 15 is 0 Å². The van der Waals surface area contributed by atoms with Crippen LogP contribution in [0.4, 0.5) is 39.5 Å². The molecule has 0 radical (unpaired) electrons. The highest BCUT2D eigenvalue weighted by molar-refractivity contribution is 5.51. The highest BCUT2D eigenvalue weighted by Crippen LogP contribution is 2.64. The van der Waals surface area contributed by atoms with Gasteiger partial charge in [-0.15, -0.1) is 26.3 Å². The van der Waals surface area contributed by atoms with Crippen molar-refractivity contribution in [1.82, 2.24) is 0 Å². The molecule has 0 saturated heterocycles. The summed E-state index contributed by atoms with van der Waals surface area (Å²) < 4.78 is 125. The summed E-state index contributed by atoms with van der Waals surface area (Å²) in [4.78, 5) is 0. The summed E-state index contributed by atoms with van der Waals surface area (Å²) in [5, 5.41) is 10.0. The van der Waals surface area contributed by atoms with E-state index in [2.05, 4.69) is 9.47 Å². The molecule has 2 aromatic rings. The first-order valence-corrected chi connectivity index (χ1v) is 9.30. The Labute approximate surface area is 181 Å². The summed E-state index contributed by atoms with van der Waals surface area (Å²) in [6.07, 6.45) is -16.6. The molecule has 0 amide bonds. The summed E-state index contributed by atoms with van der Waals surface area (Å²) in [7, 11) is 0. The van der Waals surface area contributed by atoms with Crippen molar-refractivity contribution in [1.29, 1.82) is 5.26 Å². The number of alkyl halides is 9. The molecule has 3 rings (SSSR count). The average molecular weight is 483 g/mol. The fourth-order valence-corrected chi connectivity index (χ4v) is 3.68. The van der Waals surface area contributed by atoms with Gasteiger partial charge < -0.3 is 9.47 Å². The summed E-state index contributed by atoms with van der Waals surface area (Å²) in [6, 6.07) is 9.34. The molecule has 0 heterocycles. The Kier molecular flexibility index (Phi) is 5.98. The normalized spacial score (nSPS) is 16.1. The largest absolute Gasteiger partial charge is 0.573 e. The molecule has 178 valence electrons. The van der Waals surface area contributed by atoms with Crippen LogP contribution >= 0.6 is 0 Å². The minimum Gasteiger partial charge on any atom is -0.406 e. The van der Waals surface area contributed by atoms with Crippen molar-refractivity contribution in [3.8, 4) is 17.6 Å². The van der Waals surface area contributed by atoms with E-state index in [-0.39, 0.29) is 24.0 Å². The molecule has 1 aliphatic rings. The molecule has 3 nitrogen and oxygen atoms in total. The molecule has 0 N–H and O–H groups in total. The van der Waals surface area contributed by atoms with E-state index in [4.69, 9.17) is 0 Å². The van der Waals surface area contributed by atoms with E-state index < -0.39 is 47.7 Å². The van der Waals surface area contributed by atoms with Crippen LogP contribution in [0.5, 0.6) is 11.5 Å². The minimum absolute atomic E-state index is 0.300. The molecule has 0 atom stereocenters. The first-order chi connectivity index (χ1) is 15.1. The Morgan fingerprint density at radius 3 is 1.48 bits per heavy atom. The van der Waals surface area contributed by atoms with Gasteiger partial charge in [0.2, 0.25) is 0 Å². The lowest BCUT2D eigenvalue weighted by atomic mass is 9.68. The van der Waals surface area contributed by atoms with E-state index in [1.165, 1.54) is 0 Å². The first-order valence-electron chi connectivity index (χ1n) is 9.30. The number of hydrogen-bond acceptors (Lipinski definition) is 3. The lowest BCUT2D eigenvalue weighted by Gasteiger charge is -2.33. The zero-order valence-electron chi connectivity index (χ0n) is 16.4. The molecule has 0 spiro atoms. The molecule has 0 unspecified atom stereocenters. The molecule has 1 aliphatic carbocycles. The number of nitriles is 1. The van der Waals surface area contributed by atoms with Crippen molar-refractivity contribution < 1.29 is 49.0 Å². The highest BCUT2D eigenvalue weighted by atomic mass is 19.4. The topological polar surface area (TPSA) is 42.2 Å². The van der Waals surface area contributed by atoms with Gasteiger partial charge in [0.1, 0.15) is 16.9 Å². The van der Waals surface area contributed by atoms with Gasteiger partial charge in [-0.3, -0.25) is 0 Å². The molecule has 2 aromatic carbocycles. The van der Waals surface area contributed by atoms with E-state index in [0.717, 1.165) is 48.5 Å². The summed E-state index contributed by atoms with van der Waals surface area (Å²) >= 11 is 0. The second-order valence-electron chi connectivity index (χ2n) is 7.62. The van der Waals surface area contributed by atoms with Crippen molar-refractivity contribution in [2.24, 2.45) is 5.41 Å². The van der Waals surface area contributed by atoms with Crippen LogP contribution in [-0.2, 0) is 5.41 Å². The Morgan fingerprint density at radius 1 is 0.758 bits per heavy atom. The molecule has 33 heavy (non-hydrogen) atoms. The van der Waals surface area contributed by atoms with E-state index in [1.54, 1.807) is 6.07 Å². The van der Waals surface area contributed by atoms with Crippen LogP contribution in [0.1, 0.15) is 30.4 Å². The van der Waals surface area contributed by atoms with Crippen molar-refractivity contribution in [3.05, 3.63) is 59.7 Å². The van der Waals surface area contributed by atoms with Crippen molar-refractivity contribution >= 4 is 0 Å². The number of rotatable bonds is 6. The molecular weight excluding hydrogens is 469 g/mol. The monoisotopic (exact) mass is 483 g/mol. The van der Waals surface area contributed by atoms with Crippen LogP contribution in [0, 0.1) is 16.7 Å². The van der Waals surface area contributed by atoms with Gasteiger partial charge in [-0.2, -0.15) is 18.4 Å². The van der Waals surface area contributed by atoms with Crippen LogP contribution in [0.25, 0.3) is 0 Å². The van der Waals surface area contributed by atoms with Crippen molar-refractivity contribution in [3.63, 3.8) is 0 Å². The maximum Gasteiger partial charge on any atom is 0.573 e. The Balaban J connectivity index is 2.17. The maximum atomic E-state index is 13.7. The molecule has 1 saturated carbocycles. The van der Waals surface area contributed by atoms with Crippen molar-refractivity contribution in [2.75, 3.05) is 0 Å². The number of benzene rings is 2. The Morgan fingerprint density at radius 2 is 1.18 bits per heavy atom. The fraction of sp³-hybridized carbons (Fsp3) is 0.381. The van der Waals surface area contributed by atoms with Gasteiger partial charge in [0.25, 0.3) is 0 Å². The third-order valence-corrected chi connectivity index (χ3v) is 5.37. The average Bonchev–Trinajstić information content (AvgIpc) is 3.45. The standard InChI is InChI=1S/C21H14F9NO2/c22-19(23,24)17(7-8-17)11-18(12-31,13-3-1-5-15(9-13)32-20(25,26)27)14-4-2-6-16(10-14)33-21(28,29)30/h1-6,9-10H,7-8,11H2. The van der Waals surface area contributed by atoms with Crippen LogP contribution in [0.15, 0.2) is 48.5 Å². The second-order valence-corrected chi connectivity index (χ2v) is 7.62. The number of hydrogen-bond donors (Lipinski definition) is 0. The summed E-state index contributed by atoms with van der Waals surface area (Å²) in [5.74, 6) is -1.58. The van der Waals surface area contributed by atoms with E-state index in [0.29, 0.717) is 0 Å². The van der Waals surface area contributed by atoms with Gasteiger partial charge in [-0.1, -0.05) is 24.3 Å². The van der Waals surface area contributed by atoms with E-state index in [9.17, 15) is 44.8 Å². The third kappa shape index (κ3) is 5.46. The van der Waals surface area contributed by atoms with Gasteiger partial charge >= 0.3 is 18.9 Å². The fourth-order valence-electron chi connectivity index (χ4n) is 3.68. The Hall–Kier alpha value is -3.10. The smallest absolute Gasteiger partial charge is 0.406 e. The number of halogens is 9.